The lowest BCUT2D eigenvalue weighted by Gasteiger charge is -2.32. The van der Waals surface area contributed by atoms with Crippen LogP contribution in [0.1, 0.15) is 34.7 Å². The van der Waals surface area contributed by atoms with E-state index in [1.165, 1.54) is 0 Å². The van der Waals surface area contributed by atoms with Gasteiger partial charge in [0, 0.05) is 19.6 Å². The first kappa shape index (κ1) is 20.7. The van der Waals surface area contributed by atoms with Crippen LogP contribution >= 0.6 is 0 Å². The highest BCUT2D eigenvalue weighted by atomic mass is 16.5. The third kappa shape index (κ3) is 5.07. The predicted molar refractivity (Wildman–Crippen MR) is 106 cm³/mol. The number of aromatic nitrogens is 1. The van der Waals surface area contributed by atoms with Crippen LogP contribution in [-0.2, 0) is 4.79 Å². The average molecular weight is 401 g/mol. The third-order valence-corrected chi connectivity index (χ3v) is 5.07. The minimum atomic E-state index is -0.204. The van der Waals surface area contributed by atoms with Gasteiger partial charge < -0.3 is 24.2 Å². The summed E-state index contributed by atoms with van der Waals surface area (Å²) in [5.41, 5.74) is 1.15. The third-order valence-electron chi connectivity index (χ3n) is 5.07. The molecular weight excluding hydrogens is 374 g/mol. The van der Waals surface area contributed by atoms with Crippen LogP contribution in [-0.4, -0.2) is 55.2 Å². The highest BCUT2D eigenvalue weighted by Gasteiger charge is 2.28. The lowest BCUT2D eigenvalue weighted by molar-refractivity contribution is -0.123. The Hall–Kier alpha value is -3.03. The van der Waals surface area contributed by atoms with E-state index >= 15 is 0 Å². The molecule has 8 nitrogen and oxygen atoms in total. The Labute approximate surface area is 170 Å². The number of carbonyl (C=O) groups is 2. The van der Waals surface area contributed by atoms with E-state index in [-0.39, 0.29) is 24.3 Å². The van der Waals surface area contributed by atoms with Gasteiger partial charge in [-0.15, -0.1) is 0 Å². The van der Waals surface area contributed by atoms with Gasteiger partial charge in [0.1, 0.15) is 11.3 Å². The number of aryl methyl sites for hydroxylation is 2. The van der Waals surface area contributed by atoms with Gasteiger partial charge in [-0.1, -0.05) is 17.3 Å². The molecule has 0 bridgehead atoms. The molecule has 0 aliphatic carbocycles. The fraction of sp³-hybridized carbons (Fsp3) is 0.476. The van der Waals surface area contributed by atoms with Crippen molar-refractivity contribution in [1.82, 2.24) is 15.4 Å². The number of amides is 2. The van der Waals surface area contributed by atoms with Gasteiger partial charge >= 0.3 is 0 Å². The molecule has 1 atom stereocenters. The molecule has 2 aromatic rings. The summed E-state index contributed by atoms with van der Waals surface area (Å²) in [4.78, 5) is 26.8. The molecule has 29 heavy (non-hydrogen) atoms. The fourth-order valence-corrected chi connectivity index (χ4v) is 3.55. The van der Waals surface area contributed by atoms with Crippen molar-refractivity contribution in [3.8, 4) is 11.5 Å². The largest absolute Gasteiger partial charge is 0.493 e. The smallest absolute Gasteiger partial charge is 0.259 e. The Balaban J connectivity index is 1.48. The quantitative estimate of drug-likeness (QED) is 0.765. The van der Waals surface area contributed by atoms with E-state index in [0.29, 0.717) is 48.2 Å². The van der Waals surface area contributed by atoms with Crippen LogP contribution in [0.15, 0.2) is 28.8 Å². The molecule has 1 N–H and O–H groups in total. The number of methoxy groups -OCH3 is 1. The maximum Gasteiger partial charge on any atom is 0.259 e. The molecule has 0 saturated carbocycles. The summed E-state index contributed by atoms with van der Waals surface area (Å²) in [6, 6.07) is 7.19. The first-order valence-corrected chi connectivity index (χ1v) is 9.74. The maximum absolute atomic E-state index is 12.8. The first-order valence-electron chi connectivity index (χ1n) is 9.74. The van der Waals surface area contributed by atoms with Crippen molar-refractivity contribution in [3.63, 3.8) is 0 Å². The molecule has 3 rings (SSSR count). The van der Waals surface area contributed by atoms with E-state index in [4.69, 9.17) is 14.0 Å². The van der Waals surface area contributed by atoms with Crippen LogP contribution < -0.4 is 14.8 Å². The van der Waals surface area contributed by atoms with Crippen LogP contribution in [0.5, 0.6) is 11.5 Å². The van der Waals surface area contributed by atoms with E-state index in [1.807, 2.05) is 17.0 Å². The topological polar surface area (TPSA) is 93.9 Å². The lowest BCUT2D eigenvalue weighted by Crippen LogP contribution is -2.44. The van der Waals surface area contributed by atoms with Crippen LogP contribution in [0.4, 0.5) is 0 Å². The standard InChI is InChI=1S/C21H27N3O5/c1-14-20(15(2)29-23-14)21(26)24-10-6-7-16(12-24)11-22-19(25)13-28-18-9-5-4-8-17(18)27-3/h4-5,8-9,16H,6-7,10-13H2,1-3H3,(H,22,25). The highest BCUT2D eigenvalue weighted by molar-refractivity contribution is 5.96. The zero-order valence-electron chi connectivity index (χ0n) is 17.1. The molecule has 8 heteroatoms. The molecule has 1 aliphatic rings. The second-order valence-electron chi connectivity index (χ2n) is 7.20. The van der Waals surface area contributed by atoms with Gasteiger partial charge in [-0.2, -0.15) is 0 Å². The number of hydrogen-bond donors (Lipinski definition) is 1. The number of hydrogen-bond acceptors (Lipinski definition) is 6. The number of para-hydroxylation sites is 2. The first-order chi connectivity index (χ1) is 14.0. The summed E-state index contributed by atoms with van der Waals surface area (Å²) < 4.78 is 15.9. The van der Waals surface area contributed by atoms with E-state index in [9.17, 15) is 9.59 Å². The summed E-state index contributed by atoms with van der Waals surface area (Å²) in [5.74, 6) is 1.58. The molecule has 1 aromatic heterocycles. The minimum absolute atomic E-state index is 0.0585. The van der Waals surface area contributed by atoms with Gasteiger partial charge in [-0.3, -0.25) is 9.59 Å². The minimum Gasteiger partial charge on any atom is -0.493 e. The number of benzene rings is 1. The van der Waals surface area contributed by atoms with Crippen molar-refractivity contribution < 1.29 is 23.6 Å². The van der Waals surface area contributed by atoms with Crippen molar-refractivity contribution in [2.45, 2.75) is 26.7 Å². The molecule has 0 radical (unpaired) electrons. The van der Waals surface area contributed by atoms with Crippen molar-refractivity contribution in [2.75, 3.05) is 33.4 Å². The summed E-state index contributed by atoms with van der Waals surface area (Å²) >= 11 is 0. The Morgan fingerprint density at radius 3 is 2.72 bits per heavy atom. The number of nitrogens with one attached hydrogen (secondary N) is 1. The van der Waals surface area contributed by atoms with Gasteiger partial charge in [-0.25, -0.2) is 0 Å². The summed E-state index contributed by atoms with van der Waals surface area (Å²) in [7, 11) is 1.56. The van der Waals surface area contributed by atoms with Crippen LogP contribution in [0.2, 0.25) is 0 Å². The number of likely N-dealkylation sites (tertiary alicyclic amines) is 1. The number of rotatable bonds is 7. The second kappa shape index (κ2) is 9.45. The predicted octanol–water partition coefficient (Wildman–Crippen LogP) is 2.35. The van der Waals surface area contributed by atoms with Crippen LogP contribution in [0, 0.1) is 19.8 Å². The monoisotopic (exact) mass is 401 g/mol. The Bertz CT molecular complexity index is 844. The zero-order chi connectivity index (χ0) is 20.8. The lowest BCUT2D eigenvalue weighted by atomic mass is 9.97. The number of piperidine rings is 1. The van der Waals surface area contributed by atoms with Crippen molar-refractivity contribution in [1.29, 1.82) is 0 Å². The molecule has 1 saturated heterocycles. The normalized spacial score (nSPS) is 16.4. The molecule has 2 heterocycles. The van der Waals surface area contributed by atoms with Crippen LogP contribution in [0.3, 0.4) is 0 Å². The van der Waals surface area contributed by atoms with Gasteiger partial charge in [0.25, 0.3) is 11.8 Å². The van der Waals surface area contributed by atoms with Gasteiger partial charge in [0.2, 0.25) is 0 Å². The Kier molecular flexibility index (Phi) is 6.74. The number of carbonyl (C=O) groups excluding carboxylic acids is 2. The Morgan fingerprint density at radius 1 is 1.28 bits per heavy atom. The highest BCUT2D eigenvalue weighted by Crippen LogP contribution is 2.25. The van der Waals surface area contributed by atoms with E-state index in [2.05, 4.69) is 10.5 Å². The molecule has 2 amide bonds. The molecule has 156 valence electrons. The molecule has 1 aromatic carbocycles. The van der Waals surface area contributed by atoms with E-state index in [1.54, 1.807) is 33.1 Å². The number of ether oxygens (including phenoxy) is 2. The summed E-state index contributed by atoms with van der Waals surface area (Å²) in [5, 5.41) is 6.77. The maximum atomic E-state index is 12.8. The molecular formula is C21H27N3O5. The second-order valence-corrected chi connectivity index (χ2v) is 7.20. The molecule has 1 unspecified atom stereocenters. The molecule has 1 aliphatic heterocycles. The SMILES string of the molecule is COc1ccccc1OCC(=O)NCC1CCCN(C(=O)c2c(C)noc2C)C1. The number of nitrogens with zero attached hydrogens (tertiary/aromatic N) is 2. The van der Waals surface area contributed by atoms with Crippen molar-refractivity contribution in [2.24, 2.45) is 5.92 Å². The van der Waals surface area contributed by atoms with Gasteiger partial charge in [0.05, 0.1) is 12.8 Å². The van der Waals surface area contributed by atoms with Crippen molar-refractivity contribution >= 4 is 11.8 Å². The van der Waals surface area contributed by atoms with Crippen LogP contribution in [0.25, 0.3) is 0 Å². The zero-order valence-corrected chi connectivity index (χ0v) is 17.1. The molecule has 1 fully saturated rings. The molecule has 0 spiro atoms. The van der Waals surface area contributed by atoms with Crippen molar-refractivity contribution in [3.05, 3.63) is 41.3 Å². The summed E-state index contributed by atoms with van der Waals surface area (Å²) in [6.45, 7) is 5.22. The summed E-state index contributed by atoms with van der Waals surface area (Å²) in [6.07, 6.45) is 1.85. The van der Waals surface area contributed by atoms with Gasteiger partial charge in [-0.05, 0) is 44.7 Å². The van der Waals surface area contributed by atoms with Gasteiger partial charge in [0.15, 0.2) is 18.1 Å². The average Bonchev–Trinajstić information content (AvgIpc) is 3.08. The van der Waals surface area contributed by atoms with E-state index < -0.39 is 0 Å². The Morgan fingerprint density at radius 2 is 2.03 bits per heavy atom. The van der Waals surface area contributed by atoms with E-state index in [0.717, 1.165) is 12.8 Å². The fourth-order valence-electron chi connectivity index (χ4n) is 3.55.